The molecule has 0 saturated carbocycles. The molecule has 0 bridgehead atoms. The van der Waals surface area contributed by atoms with Crippen LogP contribution in [0.1, 0.15) is 5.56 Å². The predicted octanol–water partition coefficient (Wildman–Crippen LogP) is 0.352. The van der Waals surface area contributed by atoms with E-state index in [1.54, 1.807) is 12.1 Å². The fraction of sp³-hybridized carbons (Fsp3) is 0.462. The number of anilines is 1. The quantitative estimate of drug-likeness (QED) is 0.721. The van der Waals surface area contributed by atoms with Gasteiger partial charge in [-0.05, 0) is 13.1 Å². The third-order valence-corrected chi connectivity index (χ3v) is 3.23. The standard InChI is InChI=1S/C13H18N2O3/c1-14-12-8-18-7-10(12)13(17)15-11-5-3-2-4-9(11)6-16/h2-5,10,12,14,16H,6-8H2,1H3,(H,15,17). The predicted molar refractivity (Wildman–Crippen MR) is 68.2 cm³/mol. The van der Waals surface area contributed by atoms with E-state index in [9.17, 15) is 9.90 Å². The number of likely N-dealkylation sites (N-methyl/N-ethyl adjacent to an activating group) is 1. The normalized spacial score (nSPS) is 23.0. The maximum absolute atomic E-state index is 12.1. The van der Waals surface area contributed by atoms with E-state index in [0.29, 0.717) is 24.5 Å². The van der Waals surface area contributed by atoms with Crippen LogP contribution in [0.15, 0.2) is 24.3 Å². The molecular weight excluding hydrogens is 232 g/mol. The highest BCUT2D eigenvalue weighted by Gasteiger charge is 2.33. The molecule has 1 aliphatic rings. The second-order valence-corrected chi connectivity index (χ2v) is 4.34. The Hall–Kier alpha value is -1.43. The molecule has 1 amide bonds. The minimum Gasteiger partial charge on any atom is -0.392 e. The van der Waals surface area contributed by atoms with Crippen molar-refractivity contribution in [3.05, 3.63) is 29.8 Å². The van der Waals surface area contributed by atoms with Gasteiger partial charge in [0.05, 0.1) is 25.7 Å². The van der Waals surface area contributed by atoms with E-state index in [0.717, 1.165) is 0 Å². The molecule has 98 valence electrons. The largest absolute Gasteiger partial charge is 0.392 e. The Balaban J connectivity index is 2.07. The number of para-hydroxylation sites is 1. The fourth-order valence-corrected chi connectivity index (χ4v) is 2.10. The summed E-state index contributed by atoms with van der Waals surface area (Å²) < 4.78 is 5.30. The number of ether oxygens (including phenoxy) is 1. The molecule has 1 aromatic rings. The zero-order valence-corrected chi connectivity index (χ0v) is 10.3. The maximum Gasteiger partial charge on any atom is 0.231 e. The maximum atomic E-state index is 12.1. The van der Waals surface area contributed by atoms with Gasteiger partial charge in [-0.25, -0.2) is 0 Å². The van der Waals surface area contributed by atoms with Crippen LogP contribution in [0.25, 0.3) is 0 Å². The first-order valence-corrected chi connectivity index (χ1v) is 6.01. The third kappa shape index (κ3) is 2.69. The average molecular weight is 250 g/mol. The summed E-state index contributed by atoms with van der Waals surface area (Å²) in [5, 5.41) is 15.1. The Morgan fingerprint density at radius 2 is 2.22 bits per heavy atom. The van der Waals surface area contributed by atoms with Gasteiger partial charge < -0.3 is 20.5 Å². The molecule has 2 atom stereocenters. The van der Waals surface area contributed by atoms with Crippen molar-refractivity contribution in [3.63, 3.8) is 0 Å². The fourth-order valence-electron chi connectivity index (χ4n) is 2.10. The van der Waals surface area contributed by atoms with Crippen LogP contribution >= 0.6 is 0 Å². The summed E-state index contributed by atoms with van der Waals surface area (Å²) in [5.74, 6) is -0.269. The third-order valence-electron chi connectivity index (χ3n) is 3.23. The summed E-state index contributed by atoms with van der Waals surface area (Å²) in [6, 6.07) is 7.28. The first kappa shape index (κ1) is 13.0. The molecule has 1 heterocycles. The van der Waals surface area contributed by atoms with Gasteiger partial charge in [0.25, 0.3) is 0 Å². The molecule has 1 fully saturated rings. The highest BCUT2D eigenvalue weighted by Crippen LogP contribution is 2.19. The van der Waals surface area contributed by atoms with Crippen LogP contribution in [-0.2, 0) is 16.1 Å². The first-order chi connectivity index (χ1) is 8.76. The lowest BCUT2D eigenvalue weighted by molar-refractivity contribution is -0.120. The van der Waals surface area contributed by atoms with Crippen LogP contribution in [0.2, 0.25) is 0 Å². The number of amides is 1. The second-order valence-electron chi connectivity index (χ2n) is 4.34. The Labute approximate surface area is 106 Å². The van der Waals surface area contributed by atoms with E-state index in [-0.39, 0.29) is 24.5 Å². The van der Waals surface area contributed by atoms with Crippen LogP contribution in [0.3, 0.4) is 0 Å². The molecule has 2 rings (SSSR count). The van der Waals surface area contributed by atoms with Gasteiger partial charge in [0.2, 0.25) is 5.91 Å². The van der Waals surface area contributed by atoms with Crippen molar-refractivity contribution in [1.82, 2.24) is 5.32 Å². The second kappa shape index (κ2) is 5.95. The number of carbonyl (C=O) groups is 1. The van der Waals surface area contributed by atoms with Crippen molar-refractivity contribution in [2.75, 3.05) is 25.6 Å². The van der Waals surface area contributed by atoms with E-state index in [2.05, 4.69) is 10.6 Å². The summed E-state index contributed by atoms with van der Waals surface area (Å²) in [5.41, 5.74) is 1.37. The van der Waals surface area contributed by atoms with Crippen LogP contribution in [0.5, 0.6) is 0 Å². The first-order valence-electron chi connectivity index (χ1n) is 6.01. The van der Waals surface area contributed by atoms with Gasteiger partial charge in [0, 0.05) is 17.3 Å². The Kier molecular flexibility index (Phi) is 4.30. The van der Waals surface area contributed by atoms with Crippen LogP contribution in [0.4, 0.5) is 5.69 Å². The molecule has 1 aromatic carbocycles. The van der Waals surface area contributed by atoms with E-state index in [4.69, 9.17) is 4.74 Å². The van der Waals surface area contributed by atoms with Gasteiger partial charge in [0.15, 0.2) is 0 Å². The van der Waals surface area contributed by atoms with Crippen molar-refractivity contribution in [3.8, 4) is 0 Å². The molecule has 1 saturated heterocycles. The van der Waals surface area contributed by atoms with Gasteiger partial charge in [0.1, 0.15) is 0 Å². The summed E-state index contributed by atoms with van der Waals surface area (Å²) in [7, 11) is 1.82. The van der Waals surface area contributed by atoms with E-state index in [1.165, 1.54) is 0 Å². The van der Waals surface area contributed by atoms with Gasteiger partial charge in [-0.1, -0.05) is 18.2 Å². The SMILES string of the molecule is CNC1COCC1C(=O)Nc1ccccc1CO. The molecule has 0 radical (unpaired) electrons. The van der Waals surface area contributed by atoms with Gasteiger partial charge in [-0.3, -0.25) is 4.79 Å². The number of hydrogen-bond acceptors (Lipinski definition) is 4. The van der Waals surface area contributed by atoms with Crippen LogP contribution < -0.4 is 10.6 Å². The minimum absolute atomic E-state index is 0.0475. The topological polar surface area (TPSA) is 70.6 Å². The lowest BCUT2D eigenvalue weighted by Crippen LogP contribution is -2.39. The van der Waals surface area contributed by atoms with Gasteiger partial charge >= 0.3 is 0 Å². The van der Waals surface area contributed by atoms with Crippen molar-refractivity contribution in [2.24, 2.45) is 5.92 Å². The lowest BCUT2D eigenvalue weighted by Gasteiger charge is -2.17. The molecule has 0 aliphatic carbocycles. The van der Waals surface area contributed by atoms with Gasteiger partial charge in [-0.15, -0.1) is 0 Å². The average Bonchev–Trinajstić information content (AvgIpc) is 2.87. The van der Waals surface area contributed by atoms with E-state index >= 15 is 0 Å². The van der Waals surface area contributed by atoms with Crippen molar-refractivity contribution in [2.45, 2.75) is 12.6 Å². The molecule has 5 nitrogen and oxygen atoms in total. The number of rotatable bonds is 4. The number of nitrogens with one attached hydrogen (secondary N) is 2. The molecular formula is C13H18N2O3. The number of aliphatic hydroxyl groups excluding tert-OH is 1. The highest BCUT2D eigenvalue weighted by molar-refractivity contribution is 5.94. The van der Waals surface area contributed by atoms with Crippen LogP contribution in [-0.4, -0.2) is 37.3 Å². The summed E-state index contributed by atoms with van der Waals surface area (Å²) in [6.07, 6.45) is 0. The molecule has 0 aromatic heterocycles. The molecule has 0 spiro atoms. The number of aliphatic hydroxyl groups is 1. The molecule has 2 unspecified atom stereocenters. The zero-order chi connectivity index (χ0) is 13.0. The molecule has 3 N–H and O–H groups in total. The minimum atomic E-state index is -0.193. The van der Waals surface area contributed by atoms with Crippen LogP contribution in [0, 0.1) is 5.92 Å². The molecule has 18 heavy (non-hydrogen) atoms. The van der Waals surface area contributed by atoms with Crippen molar-refractivity contribution >= 4 is 11.6 Å². The Morgan fingerprint density at radius 1 is 1.44 bits per heavy atom. The van der Waals surface area contributed by atoms with E-state index in [1.807, 2.05) is 19.2 Å². The van der Waals surface area contributed by atoms with Gasteiger partial charge in [-0.2, -0.15) is 0 Å². The Bertz CT molecular complexity index is 422. The zero-order valence-electron chi connectivity index (χ0n) is 10.3. The van der Waals surface area contributed by atoms with E-state index < -0.39 is 0 Å². The molecule has 5 heteroatoms. The number of benzene rings is 1. The summed E-state index contributed by atoms with van der Waals surface area (Å²) in [4.78, 5) is 12.1. The lowest BCUT2D eigenvalue weighted by atomic mass is 10.0. The molecule has 1 aliphatic heterocycles. The highest BCUT2D eigenvalue weighted by atomic mass is 16.5. The number of hydrogen-bond donors (Lipinski definition) is 3. The summed E-state index contributed by atoms with van der Waals surface area (Å²) in [6.45, 7) is 0.891. The van der Waals surface area contributed by atoms with Crippen molar-refractivity contribution in [1.29, 1.82) is 0 Å². The van der Waals surface area contributed by atoms with Crippen molar-refractivity contribution < 1.29 is 14.6 Å². The smallest absolute Gasteiger partial charge is 0.231 e. The number of carbonyl (C=O) groups excluding carboxylic acids is 1. The Morgan fingerprint density at radius 3 is 2.94 bits per heavy atom. The monoisotopic (exact) mass is 250 g/mol. The summed E-state index contributed by atoms with van der Waals surface area (Å²) >= 11 is 0.